The van der Waals surface area contributed by atoms with Crippen molar-refractivity contribution in [3.05, 3.63) is 36.0 Å². The molecule has 0 aliphatic heterocycles. The molecule has 0 atom stereocenters. The lowest BCUT2D eigenvalue weighted by Gasteiger charge is -2.24. The van der Waals surface area contributed by atoms with Crippen LogP contribution in [0.25, 0.3) is 0 Å². The lowest BCUT2D eigenvalue weighted by molar-refractivity contribution is -0.137. The quantitative estimate of drug-likeness (QED) is 0.687. The van der Waals surface area contributed by atoms with Crippen molar-refractivity contribution in [1.82, 2.24) is 9.97 Å². The first-order chi connectivity index (χ1) is 11.9. The largest absolute Gasteiger partial charge is 0.491 e. The molecule has 8 heteroatoms. The van der Waals surface area contributed by atoms with E-state index >= 15 is 0 Å². The highest BCUT2D eigenvalue weighted by Gasteiger charge is 2.37. The van der Waals surface area contributed by atoms with Gasteiger partial charge in [-0.1, -0.05) is 25.5 Å². The van der Waals surface area contributed by atoms with Crippen molar-refractivity contribution in [1.29, 1.82) is 0 Å². The van der Waals surface area contributed by atoms with Crippen molar-refractivity contribution in [3.63, 3.8) is 0 Å². The zero-order chi connectivity index (χ0) is 18.4. The molecule has 1 aromatic heterocycles. The van der Waals surface area contributed by atoms with Gasteiger partial charge in [0, 0.05) is 13.2 Å². The van der Waals surface area contributed by atoms with Crippen LogP contribution in [-0.2, 0) is 6.18 Å². The molecule has 0 unspecified atom stereocenters. The minimum absolute atomic E-state index is 0.140. The van der Waals surface area contributed by atoms with Gasteiger partial charge in [-0.15, -0.1) is 0 Å². The van der Waals surface area contributed by atoms with Gasteiger partial charge in [0.25, 0.3) is 0 Å². The summed E-state index contributed by atoms with van der Waals surface area (Å²) in [6.07, 6.45) is -2.06. The number of unbranched alkanes of at least 4 members (excludes halogenated alkanes) is 1. The number of rotatable bonds is 7. The minimum atomic E-state index is -4.59. The molecule has 0 aliphatic carbocycles. The number of methoxy groups -OCH3 is 1. The predicted molar refractivity (Wildman–Crippen MR) is 88.5 cm³/mol. The first kappa shape index (κ1) is 18.8. The maximum absolute atomic E-state index is 13.3. The molecule has 0 amide bonds. The van der Waals surface area contributed by atoms with E-state index in [1.165, 1.54) is 19.1 Å². The highest BCUT2D eigenvalue weighted by molar-refractivity contribution is 5.68. The van der Waals surface area contributed by atoms with E-state index in [0.717, 1.165) is 19.0 Å². The second-order valence-corrected chi connectivity index (χ2v) is 5.32. The Kier molecular flexibility index (Phi) is 6.06. The van der Waals surface area contributed by atoms with Crippen LogP contribution in [0.2, 0.25) is 0 Å². The molecule has 5 nitrogen and oxygen atoms in total. The zero-order valence-electron chi connectivity index (χ0n) is 14.3. The summed E-state index contributed by atoms with van der Waals surface area (Å²) in [5, 5.41) is 0. The summed E-state index contributed by atoms with van der Waals surface area (Å²) in [5.41, 5.74) is -0.469. The second-order valence-electron chi connectivity index (χ2n) is 5.32. The van der Waals surface area contributed by atoms with Crippen LogP contribution < -0.4 is 14.4 Å². The van der Waals surface area contributed by atoms with Crippen LogP contribution in [0.3, 0.4) is 0 Å². The van der Waals surface area contributed by atoms with Crippen LogP contribution in [0.5, 0.6) is 11.8 Å². The van der Waals surface area contributed by atoms with E-state index in [1.807, 2.05) is 6.92 Å². The van der Waals surface area contributed by atoms with Crippen LogP contribution in [0.4, 0.5) is 24.7 Å². The van der Waals surface area contributed by atoms with Crippen molar-refractivity contribution in [3.8, 4) is 11.8 Å². The Morgan fingerprint density at radius 3 is 2.56 bits per heavy atom. The predicted octanol–water partition coefficient (Wildman–Crippen LogP) is 4.45. The summed E-state index contributed by atoms with van der Waals surface area (Å²) in [6.45, 7) is 2.52. The average molecular weight is 355 g/mol. The molecule has 2 rings (SSSR count). The molecule has 0 saturated heterocycles. The summed E-state index contributed by atoms with van der Waals surface area (Å²) >= 11 is 0. The van der Waals surface area contributed by atoms with Crippen LogP contribution in [0.15, 0.2) is 30.5 Å². The second kappa shape index (κ2) is 8.04. The van der Waals surface area contributed by atoms with E-state index in [0.29, 0.717) is 18.0 Å². The van der Waals surface area contributed by atoms with E-state index in [-0.39, 0.29) is 11.8 Å². The zero-order valence-corrected chi connectivity index (χ0v) is 14.3. The molecular formula is C17H20F3N3O2. The van der Waals surface area contributed by atoms with Gasteiger partial charge >= 0.3 is 12.2 Å². The Morgan fingerprint density at radius 1 is 1.20 bits per heavy atom. The number of hydrogen-bond donors (Lipinski definition) is 0. The lowest BCUT2D eigenvalue weighted by Crippen LogP contribution is -2.20. The molecule has 0 radical (unpaired) electrons. The summed E-state index contributed by atoms with van der Waals surface area (Å²) < 4.78 is 50.6. The number of para-hydroxylation sites is 2. The standard InChI is InChI=1S/C17H20F3N3O2/c1-4-5-10-25-14-9-7-6-8-13(14)23(2)15-12(17(18,19)20)11-21-16(22-15)24-3/h6-9,11H,4-5,10H2,1-3H3. The lowest BCUT2D eigenvalue weighted by atomic mass is 10.2. The van der Waals surface area contributed by atoms with Gasteiger partial charge in [0.2, 0.25) is 0 Å². The summed E-state index contributed by atoms with van der Waals surface area (Å²) in [4.78, 5) is 8.79. The number of nitrogens with zero attached hydrogens (tertiary/aromatic N) is 3. The fraction of sp³-hybridized carbons (Fsp3) is 0.412. The third-order valence-corrected chi connectivity index (χ3v) is 3.53. The molecule has 1 aromatic carbocycles. The van der Waals surface area contributed by atoms with Crippen LogP contribution in [0, 0.1) is 0 Å². The van der Waals surface area contributed by atoms with Crippen molar-refractivity contribution in [2.24, 2.45) is 0 Å². The molecule has 1 heterocycles. The highest BCUT2D eigenvalue weighted by Crippen LogP contribution is 2.40. The first-order valence-corrected chi connectivity index (χ1v) is 7.82. The Bertz CT molecular complexity index is 708. The van der Waals surface area contributed by atoms with Crippen LogP contribution >= 0.6 is 0 Å². The van der Waals surface area contributed by atoms with E-state index in [1.54, 1.807) is 24.3 Å². The van der Waals surface area contributed by atoms with Crippen molar-refractivity contribution in [2.75, 3.05) is 25.7 Å². The van der Waals surface area contributed by atoms with Gasteiger partial charge in [-0.3, -0.25) is 0 Å². The molecule has 0 saturated carbocycles. The van der Waals surface area contributed by atoms with Gasteiger partial charge in [0.15, 0.2) is 5.82 Å². The van der Waals surface area contributed by atoms with E-state index in [2.05, 4.69) is 9.97 Å². The molecule has 136 valence electrons. The molecule has 25 heavy (non-hydrogen) atoms. The van der Waals surface area contributed by atoms with Crippen molar-refractivity contribution >= 4 is 11.5 Å². The Hall–Kier alpha value is -2.51. The maximum Gasteiger partial charge on any atom is 0.421 e. The number of alkyl halides is 3. The first-order valence-electron chi connectivity index (χ1n) is 7.82. The Labute approximate surface area is 144 Å². The molecule has 2 aromatic rings. The normalized spacial score (nSPS) is 11.3. The molecule has 0 fully saturated rings. The number of aromatic nitrogens is 2. The highest BCUT2D eigenvalue weighted by atomic mass is 19.4. The van der Waals surface area contributed by atoms with Gasteiger partial charge < -0.3 is 14.4 Å². The van der Waals surface area contributed by atoms with Gasteiger partial charge in [-0.05, 0) is 18.6 Å². The van der Waals surface area contributed by atoms with Crippen LogP contribution in [-0.4, -0.2) is 30.7 Å². The molecular weight excluding hydrogens is 335 g/mol. The summed E-state index contributed by atoms with van der Waals surface area (Å²) in [6, 6.07) is 6.75. The van der Waals surface area contributed by atoms with Crippen molar-refractivity contribution < 1.29 is 22.6 Å². The summed E-state index contributed by atoms with van der Waals surface area (Å²) in [7, 11) is 2.80. The third-order valence-electron chi connectivity index (χ3n) is 3.53. The average Bonchev–Trinajstić information content (AvgIpc) is 2.60. The monoisotopic (exact) mass is 355 g/mol. The molecule has 0 bridgehead atoms. The van der Waals surface area contributed by atoms with Gasteiger partial charge in [-0.2, -0.15) is 18.2 Å². The van der Waals surface area contributed by atoms with Crippen LogP contribution in [0.1, 0.15) is 25.3 Å². The number of halogens is 3. The van der Waals surface area contributed by atoms with E-state index in [4.69, 9.17) is 9.47 Å². The topological polar surface area (TPSA) is 47.5 Å². The molecule has 0 N–H and O–H groups in total. The van der Waals surface area contributed by atoms with Gasteiger partial charge in [0.05, 0.1) is 19.4 Å². The molecule has 0 spiro atoms. The number of anilines is 2. The minimum Gasteiger partial charge on any atom is -0.491 e. The number of hydrogen-bond acceptors (Lipinski definition) is 5. The third kappa shape index (κ3) is 4.52. The van der Waals surface area contributed by atoms with Gasteiger partial charge in [0.1, 0.15) is 11.3 Å². The summed E-state index contributed by atoms with van der Waals surface area (Å²) in [5.74, 6) is 0.190. The Morgan fingerprint density at radius 2 is 1.92 bits per heavy atom. The SMILES string of the molecule is CCCCOc1ccccc1N(C)c1nc(OC)ncc1C(F)(F)F. The van der Waals surface area contributed by atoms with Crippen molar-refractivity contribution in [2.45, 2.75) is 25.9 Å². The van der Waals surface area contributed by atoms with E-state index in [9.17, 15) is 13.2 Å². The smallest absolute Gasteiger partial charge is 0.421 e. The molecule has 0 aliphatic rings. The number of benzene rings is 1. The fourth-order valence-electron chi connectivity index (χ4n) is 2.21. The number of ether oxygens (including phenoxy) is 2. The maximum atomic E-state index is 13.3. The Balaban J connectivity index is 2.45. The fourth-order valence-corrected chi connectivity index (χ4v) is 2.21. The van der Waals surface area contributed by atoms with E-state index < -0.39 is 11.7 Å². The van der Waals surface area contributed by atoms with Gasteiger partial charge in [-0.25, -0.2) is 4.98 Å².